The molecule has 0 aliphatic heterocycles. The van der Waals surface area contributed by atoms with Crippen LogP contribution in [0.1, 0.15) is 39.1 Å². The van der Waals surface area contributed by atoms with E-state index in [1.807, 2.05) is 0 Å². The fourth-order valence-electron chi connectivity index (χ4n) is 2.01. The molecular formula is C13H12FNO3S2. The molecule has 2 aromatic heterocycles. The number of thiophene rings is 2. The van der Waals surface area contributed by atoms with Crippen molar-refractivity contribution in [1.29, 1.82) is 0 Å². The van der Waals surface area contributed by atoms with Crippen molar-refractivity contribution in [3.05, 3.63) is 21.9 Å². The lowest BCUT2D eigenvalue weighted by Gasteiger charge is -2.16. The summed E-state index contributed by atoms with van der Waals surface area (Å²) in [5, 5.41) is 12.3. The van der Waals surface area contributed by atoms with E-state index < -0.39 is 17.7 Å². The topological polar surface area (TPSA) is 66.4 Å². The SMILES string of the molecule is CC(NC(=O)c1cc2cc(C(=O)O)sc2s1)C1(F)CC1. The van der Waals surface area contributed by atoms with Gasteiger partial charge in [-0.3, -0.25) is 4.79 Å². The first-order valence-electron chi connectivity index (χ1n) is 6.15. The summed E-state index contributed by atoms with van der Waals surface area (Å²) >= 11 is 2.38. The van der Waals surface area contributed by atoms with Crippen LogP contribution in [0.3, 0.4) is 0 Å². The Morgan fingerprint density at radius 1 is 1.35 bits per heavy atom. The molecule has 1 atom stereocenters. The molecule has 106 valence electrons. The Morgan fingerprint density at radius 3 is 2.50 bits per heavy atom. The van der Waals surface area contributed by atoms with Crippen LogP contribution in [0.15, 0.2) is 12.1 Å². The molecule has 1 fully saturated rings. The molecule has 20 heavy (non-hydrogen) atoms. The second-order valence-electron chi connectivity index (χ2n) is 5.00. The molecule has 1 aliphatic carbocycles. The van der Waals surface area contributed by atoms with Crippen LogP contribution in [-0.4, -0.2) is 28.7 Å². The van der Waals surface area contributed by atoms with Crippen LogP contribution in [0, 0.1) is 0 Å². The van der Waals surface area contributed by atoms with Gasteiger partial charge in [-0.2, -0.15) is 0 Å². The first kappa shape index (κ1) is 13.5. The van der Waals surface area contributed by atoms with Gasteiger partial charge in [0, 0.05) is 5.39 Å². The van der Waals surface area contributed by atoms with Gasteiger partial charge in [-0.25, -0.2) is 9.18 Å². The Labute approximate surface area is 122 Å². The lowest BCUT2D eigenvalue weighted by Crippen LogP contribution is -2.40. The number of nitrogens with one attached hydrogen (secondary N) is 1. The molecule has 2 heterocycles. The Bertz CT molecular complexity index is 670. The first-order valence-corrected chi connectivity index (χ1v) is 7.79. The van der Waals surface area contributed by atoms with Crippen molar-refractivity contribution < 1.29 is 19.1 Å². The Balaban J connectivity index is 1.78. The Morgan fingerprint density at radius 2 is 1.95 bits per heavy atom. The van der Waals surface area contributed by atoms with Crippen LogP contribution in [-0.2, 0) is 0 Å². The van der Waals surface area contributed by atoms with Crippen molar-refractivity contribution in [3.63, 3.8) is 0 Å². The summed E-state index contributed by atoms with van der Waals surface area (Å²) in [6.07, 6.45) is 0.992. The molecule has 0 bridgehead atoms. The Hall–Kier alpha value is -1.47. The highest BCUT2D eigenvalue weighted by Gasteiger charge is 2.48. The first-order chi connectivity index (χ1) is 9.39. The number of alkyl halides is 1. The maximum absolute atomic E-state index is 13.8. The molecule has 0 saturated heterocycles. The van der Waals surface area contributed by atoms with Gasteiger partial charge in [0.25, 0.3) is 5.91 Å². The third-order valence-electron chi connectivity index (χ3n) is 3.50. The van der Waals surface area contributed by atoms with Gasteiger partial charge < -0.3 is 10.4 Å². The van der Waals surface area contributed by atoms with Gasteiger partial charge in [-0.15, -0.1) is 22.7 Å². The number of hydrogen-bond acceptors (Lipinski definition) is 4. The quantitative estimate of drug-likeness (QED) is 0.910. The fourth-order valence-corrected chi connectivity index (χ4v) is 4.19. The monoisotopic (exact) mass is 313 g/mol. The molecule has 0 radical (unpaired) electrons. The van der Waals surface area contributed by atoms with Gasteiger partial charge in [-0.05, 0) is 31.9 Å². The van der Waals surface area contributed by atoms with Gasteiger partial charge in [-0.1, -0.05) is 0 Å². The third-order valence-corrected chi connectivity index (χ3v) is 5.88. The molecule has 0 spiro atoms. The number of carbonyl (C=O) groups excluding carboxylic acids is 1. The summed E-state index contributed by atoms with van der Waals surface area (Å²) in [7, 11) is 0. The predicted molar refractivity (Wildman–Crippen MR) is 76.7 cm³/mol. The average Bonchev–Trinajstić information content (AvgIpc) is 2.85. The number of aromatic carboxylic acids is 1. The summed E-state index contributed by atoms with van der Waals surface area (Å²) in [5.74, 6) is -1.27. The number of hydrogen-bond donors (Lipinski definition) is 2. The molecule has 3 rings (SSSR count). The molecule has 4 nitrogen and oxygen atoms in total. The molecule has 1 amide bonds. The lowest BCUT2D eigenvalue weighted by molar-refractivity contribution is 0.0702. The lowest BCUT2D eigenvalue weighted by atomic mass is 10.2. The van der Waals surface area contributed by atoms with Gasteiger partial charge in [0.15, 0.2) is 0 Å². The maximum atomic E-state index is 13.8. The van der Waals surface area contributed by atoms with E-state index in [9.17, 15) is 14.0 Å². The van der Waals surface area contributed by atoms with Crippen LogP contribution in [0.5, 0.6) is 0 Å². The van der Waals surface area contributed by atoms with Crippen LogP contribution in [0.4, 0.5) is 4.39 Å². The maximum Gasteiger partial charge on any atom is 0.345 e. The number of carboxylic acid groups (broad SMARTS) is 1. The fraction of sp³-hybridized carbons (Fsp3) is 0.385. The van der Waals surface area contributed by atoms with Crippen molar-refractivity contribution >= 4 is 43.9 Å². The smallest absolute Gasteiger partial charge is 0.345 e. The van der Waals surface area contributed by atoms with Crippen LogP contribution in [0.2, 0.25) is 0 Å². The predicted octanol–water partition coefficient (Wildman–Crippen LogP) is 3.28. The van der Waals surface area contributed by atoms with Crippen molar-refractivity contribution in [2.45, 2.75) is 31.5 Å². The molecule has 1 saturated carbocycles. The van der Waals surface area contributed by atoms with Gasteiger partial charge >= 0.3 is 5.97 Å². The normalized spacial score (nSPS) is 17.9. The molecule has 2 aromatic rings. The third kappa shape index (κ3) is 2.31. The summed E-state index contributed by atoms with van der Waals surface area (Å²) in [4.78, 5) is 23.6. The van der Waals surface area contributed by atoms with E-state index in [1.165, 1.54) is 11.3 Å². The van der Waals surface area contributed by atoms with Gasteiger partial charge in [0.05, 0.1) is 14.9 Å². The number of rotatable bonds is 4. The van der Waals surface area contributed by atoms with E-state index in [0.717, 1.165) is 20.7 Å². The van der Waals surface area contributed by atoms with Crippen molar-refractivity contribution in [3.8, 4) is 0 Å². The van der Waals surface area contributed by atoms with E-state index in [2.05, 4.69) is 5.32 Å². The van der Waals surface area contributed by atoms with E-state index in [-0.39, 0.29) is 10.8 Å². The summed E-state index contributed by atoms with van der Waals surface area (Å²) in [5.41, 5.74) is -1.25. The minimum Gasteiger partial charge on any atom is -0.477 e. The van der Waals surface area contributed by atoms with Gasteiger partial charge in [0.2, 0.25) is 0 Å². The zero-order chi connectivity index (χ0) is 14.5. The minimum absolute atomic E-state index is 0.257. The zero-order valence-electron chi connectivity index (χ0n) is 10.6. The highest BCUT2D eigenvalue weighted by molar-refractivity contribution is 7.39. The van der Waals surface area contributed by atoms with Gasteiger partial charge in [0.1, 0.15) is 10.5 Å². The largest absolute Gasteiger partial charge is 0.477 e. The molecule has 1 aliphatic rings. The standard InChI is InChI=1S/C13H12FNO3S2/c1-6(13(14)2-3-13)15-10(16)8-4-7-5-9(11(17)18)20-12(7)19-8/h4-6H,2-3H2,1H3,(H,15,16)(H,17,18). The number of carbonyl (C=O) groups is 2. The molecule has 7 heteroatoms. The van der Waals surface area contributed by atoms with E-state index in [0.29, 0.717) is 17.7 Å². The zero-order valence-corrected chi connectivity index (χ0v) is 12.2. The summed E-state index contributed by atoms with van der Waals surface area (Å²) in [6, 6.07) is 2.71. The number of halogens is 1. The summed E-state index contributed by atoms with van der Waals surface area (Å²) < 4.78 is 14.6. The second-order valence-corrected chi connectivity index (χ2v) is 7.36. The number of carboxylic acids is 1. The van der Waals surface area contributed by atoms with E-state index in [1.54, 1.807) is 19.1 Å². The van der Waals surface area contributed by atoms with Crippen LogP contribution >= 0.6 is 22.7 Å². The van der Waals surface area contributed by atoms with E-state index >= 15 is 0 Å². The second kappa shape index (κ2) is 4.53. The summed E-state index contributed by atoms with van der Waals surface area (Å²) in [6.45, 7) is 1.67. The Kier molecular flexibility index (Phi) is 3.06. The van der Waals surface area contributed by atoms with Crippen LogP contribution in [0.25, 0.3) is 9.40 Å². The number of fused-ring (bicyclic) bond motifs is 1. The number of amides is 1. The van der Waals surface area contributed by atoms with Crippen molar-refractivity contribution in [1.82, 2.24) is 5.32 Å². The molecule has 0 aromatic carbocycles. The molecule has 2 N–H and O–H groups in total. The molecule has 1 unspecified atom stereocenters. The molecular weight excluding hydrogens is 301 g/mol. The highest BCUT2D eigenvalue weighted by atomic mass is 32.2. The van der Waals surface area contributed by atoms with Crippen molar-refractivity contribution in [2.24, 2.45) is 0 Å². The van der Waals surface area contributed by atoms with E-state index in [4.69, 9.17) is 5.11 Å². The minimum atomic E-state index is -1.25. The van der Waals surface area contributed by atoms with Crippen LogP contribution < -0.4 is 5.32 Å². The van der Waals surface area contributed by atoms with Crippen molar-refractivity contribution in [2.75, 3.05) is 0 Å². The highest BCUT2D eigenvalue weighted by Crippen LogP contribution is 2.43. The average molecular weight is 313 g/mol.